The molecule has 19 heavy (non-hydrogen) atoms. The highest BCUT2D eigenvalue weighted by atomic mass is 35.5. The third-order valence-corrected chi connectivity index (χ3v) is 3.44. The van der Waals surface area contributed by atoms with Crippen molar-refractivity contribution in [2.24, 2.45) is 5.92 Å². The van der Waals surface area contributed by atoms with Crippen molar-refractivity contribution >= 4 is 35.6 Å². The zero-order valence-electron chi connectivity index (χ0n) is 10.7. The maximum Gasteiger partial charge on any atom is 0.227 e. The van der Waals surface area contributed by atoms with E-state index in [1.54, 1.807) is 25.3 Å². The highest BCUT2D eigenvalue weighted by Gasteiger charge is 2.20. The molecule has 0 saturated carbocycles. The van der Waals surface area contributed by atoms with Crippen LogP contribution in [0.25, 0.3) is 0 Å². The van der Waals surface area contributed by atoms with E-state index in [2.05, 4.69) is 10.6 Å². The van der Waals surface area contributed by atoms with E-state index in [1.807, 2.05) is 0 Å². The van der Waals surface area contributed by atoms with Gasteiger partial charge in [0.05, 0.1) is 12.1 Å². The second-order valence-corrected chi connectivity index (χ2v) is 4.77. The Bertz CT molecular complexity index is 435. The molecule has 0 atom stereocenters. The second kappa shape index (κ2) is 7.58. The highest BCUT2D eigenvalue weighted by Crippen LogP contribution is 2.27. The first-order valence-electron chi connectivity index (χ1n) is 6.06. The summed E-state index contributed by atoms with van der Waals surface area (Å²) in [5, 5.41) is 6.69. The van der Waals surface area contributed by atoms with Gasteiger partial charge in [-0.25, -0.2) is 0 Å². The first-order chi connectivity index (χ1) is 8.70. The van der Waals surface area contributed by atoms with E-state index in [0.717, 1.165) is 31.6 Å². The van der Waals surface area contributed by atoms with Gasteiger partial charge in [-0.15, -0.1) is 12.4 Å². The number of halogens is 2. The molecule has 0 spiro atoms. The van der Waals surface area contributed by atoms with E-state index >= 15 is 0 Å². The smallest absolute Gasteiger partial charge is 0.227 e. The van der Waals surface area contributed by atoms with Crippen LogP contribution < -0.4 is 15.4 Å². The van der Waals surface area contributed by atoms with Gasteiger partial charge in [-0.2, -0.15) is 0 Å². The Morgan fingerprint density at radius 3 is 2.74 bits per heavy atom. The van der Waals surface area contributed by atoms with Crippen molar-refractivity contribution in [2.75, 3.05) is 25.5 Å². The minimum absolute atomic E-state index is 0. The lowest BCUT2D eigenvalue weighted by Crippen LogP contribution is -2.34. The second-order valence-electron chi connectivity index (χ2n) is 4.36. The van der Waals surface area contributed by atoms with Crippen LogP contribution in [0.15, 0.2) is 18.2 Å². The number of piperidine rings is 1. The topological polar surface area (TPSA) is 50.4 Å². The van der Waals surface area contributed by atoms with Crippen molar-refractivity contribution in [3.63, 3.8) is 0 Å². The van der Waals surface area contributed by atoms with E-state index in [4.69, 9.17) is 16.3 Å². The molecule has 0 bridgehead atoms. The van der Waals surface area contributed by atoms with Crippen molar-refractivity contribution in [3.05, 3.63) is 23.2 Å². The van der Waals surface area contributed by atoms with E-state index < -0.39 is 0 Å². The molecular weight excluding hydrogens is 287 g/mol. The fourth-order valence-corrected chi connectivity index (χ4v) is 2.26. The first kappa shape index (κ1) is 16.1. The number of carbonyl (C=O) groups excluding carboxylic acids is 1. The zero-order chi connectivity index (χ0) is 13.0. The molecule has 0 aliphatic carbocycles. The van der Waals surface area contributed by atoms with Gasteiger partial charge in [-0.05, 0) is 38.1 Å². The fourth-order valence-electron chi connectivity index (χ4n) is 2.07. The molecule has 1 aliphatic rings. The normalized spacial score (nSPS) is 15.5. The van der Waals surface area contributed by atoms with E-state index in [9.17, 15) is 4.79 Å². The third-order valence-electron chi connectivity index (χ3n) is 3.13. The van der Waals surface area contributed by atoms with Crippen LogP contribution in [0.4, 0.5) is 5.69 Å². The molecule has 1 aromatic carbocycles. The molecular formula is C13H18Cl2N2O2. The van der Waals surface area contributed by atoms with Gasteiger partial charge in [0.1, 0.15) is 5.75 Å². The Hall–Kier alpha value is -0.970. The molecule has 1 heterocycles. The van der Waals surface area contributed by atoms with Gasteiger partial charge in [0.2, 0.25) is 5.91 Å². The number of anilines is 1. The Morgan fingerprint density at radius 1 is 1.42 bits per heavy atom. The lowest BCUT2D eigenvalue weighted by Gasteiger charge is -2.21. The molecule has 6 heteroatoms. The Labute approximate surface area is 124 Å². The molecule has 1 aromatic rings. The number of hydrogen-bond donors (Lipinski definition) is 2. The molecule has 0 radical (unpaired) electrons. The van der Waals surface area contributed by atoms with Crippen LogP contribution in [0.5, 0.6) is 5.75 Å². The summed E-state index contributed by atoms with van der Waals surface area (Å²) in [6.45, 7) is 1.81. The summed E-state index contributed by atoms with van der Waals surface area (Å²) in [7, 11) is 1.56. The van der Waals surface area contributed by atoms with Gasteiger partial charge in [-0.3, -0.25) is 4.79 Å². The third kappa shape index (κ3) is 4.27. The molecule has 2 N–H and O–H groups in total. The van der Waals surface area contributed by atoms with Crippen molar-refractivity contribution < 1.29 is 9.53 Å². The van der Waals surface area contributed by atoms with Gasteiger partial charge in [-0.1, -0.05) is 11.6 Å². The lowest BCUT2D eigenvalue weighted by molar-refractivity contribution is -0.120. The number of rotatable bonds is 3. The number of benzene rings is 1. The lowest BCUT2D eigenvalue weighted by atomic mass is 9.97. The number of amides is 1. The predicted molar refractivity (Wildman–Crippen MR) is 79.5 cm³/mol. The standard InChI is InChI=1S/C13H17ClN2O2.ClH/c1-18-12-8-10(2-3-11(12)14)16-13(17)9-4-6-15-7-5-9;/h2-3,8-9,15H,4-7H2,1H3,(H,16,17);1H. The monoisotopic (exact) mass is 304 g/mol. The van der Waals surface area contributed by atoms with Crippen molar-refractivity contribution in [1.29, 1.82) is 0 Å². The Balaban J connectivity index is 0.00000180. The van der Waals surface area contributed by atoms with Gasteiger partial charge < -0.3 is 15.4 Å². The van der Waals surface area contributed by atoms with Crippen LogP contribution in [-0.4, -0.2) is 26.1 Å². The van der Waals surface area contributed by atoms with Crippen molar-refractivity contribution in [2.45, 2.75) is 12.8 Å². The van der Waals surface area contributed by atoms with Gasteiger partial charge >= 0.3 is 0 Å². The van der Waals surface area contributed by atoms with Crippen molar-refractivity contribution in [3.8, 4) is 5.75 Å². The summed E-state index contributed by atoms with van der Waals surface area (Å²) in [6.07, 6.45) is 1.77. The van der Waals surface area contributed by atoms with Gasteiger partial charge in [0.15, 0.2) is 0 Å². The Morgan fingerprint density at radius 2 is 2.11 bits per heavy atom. The maximum absolute atomic E-state index is 12.0. The van der Waals surface area contributed by atoms with Crippen LogP contribution in [0.3, 0.4) is 0 Å². The fraction of sp³-hybridized carbons (Fsp3) is 0.462. The molecule has 1 aliphatic heterocycles. The number of hydrogen-bond acceptors (Lipinski definition) is 3. The first-order valence-corrected chi connectivity index (χ1v) is 6.43. The summed E-state index contributed by atoms with van der Waals surface area (Å²) in [6, 6.07) is 5.24. The SMILES string of the molecule is COc1cc(NC(=O)C2CCNCC2)ccc1Cl.Cl. The summed E-state index contributed by atoms with van der Waals surface area (Å²) >= 11 is 5.94. The highest BCUT2D eigenvalue weighted by molar-refractivity contribution is 6.32. The van der Waals surface area contributed by atoms with Crippen LogP contribution in [0.1, 0.15) is 12.8 Å². The van der Waals surface area contributed by atoms with Crippen LogP contribution in [0.2, 0.25) is 5.02 Å². The zero-order valence-corrected chi connectivity index (χ0v) is 12.3. The Kier molecular flexibility index (Phi) is 6.42. The summed E-state index contributed by atoms with van der Waals surface area (Å²) in [5.74, 6) is 0.730. The summed E-state index contributed by atoms with van der Waals surface area (Å²) in [5.41, 5.74) is 0.722. The van der Waals surface area contributed by atoms with E-state index in [1.165, 1.54) is 0 Å². The minimum Gasteiger partial charge on any atom is -0.495 e. The van der Waals surface area contributed by atoms with Crippen LogP contribution in [-0.2, 0) is 4.79 Å². The molecule has 2 rings (SSSR count). The van der Waals surface area contributed by atoms with Gasteiger partial charge in [0.25, 0.3) is 0 Å². The van der Waals surface area contributed by atoms with E-state index in [-0.39, 0.29) is 24.2 Å². The molecule has 1 amide bonds. The maximum atomic E-state index is 12.0. The molecule has 1 saturated heterocycles. The number of methoxy groups -OCH3 is 1. The largest absolute Gasteiger partial charge is 0.495 e. The number of ether oxygens (including phenoxy) is 1. The predicted octanol–water partition coefficient (Wildman–Crippen LogP) is 2.71. The molecule has 4 nitrogen and oxygen atoms in total. The van der Waals surface area contributed by atoms with E-state index in [0.29, 0.717) is 10.8 Å². The minimum atomic E-state index is 0. The molecule has 106 valence electrons. The summed E-state index contributed by atoms with van der Waals surface area (Å²) < 4.78 is 5.12. The quantitative estimate of drug-likeness (QED) is 0.903. The van der Waals surface area contributed by atoms with Gasteiger partial charge in [0, 0.05) is 17.7 Å². The average molecular weight is 305 g/mol. The summed E-state index contributed by atoms with van der Waals surface area (Å²) in [4.78, 5) is 12.0. The molecule has 0 unspecified atom stereocenters. The number of carbonyl (C=O) groups is 1. The average Bonchev–Trinajstić information content (AvgIpc) is 2.42. The van der Waals surface area contributed by atoms with Crippen molar-refractivity contribution in [1.82, 2.24) is 5.32 Å². The number of nitrogens with one attached hydrogen (secondary N) is 2. The molecule has 1 fully saturated rings. The van der Waals surface area contributed by atoms with Crippen LogP contribution in [0, 0.1) is 5.92 Å². The molecule has 0 aromatic heterocycles. The van der Waals surface area contributed by atoms with Crippen LogP contribution >= 0.6 is 24.0 Å².